The molecule has 2 aliphatic heterocycles. The average Bonchev–Trinajstić information content (AvgIpc) is 3.08. The van der Waals surface area contributed by atoms with Crippen LogP contribution in [0.2, 0.25) is 0 Å². The van der Waals surface area contributed by atoms with Gasteiger partial charge in [-0.1, -0.05) is 23.9 Å². The van der Waals surface area contributed by atoms with Gasteiger partial charge < -0.3 is 29.7 Å². The molecule has 1 aromatic rings. The Morgan fingerprint density at radius 3 is 2.54 bits per heavy atom. The number of nitrogens with zero attached hydrogens (tertiary/aromatic N) is 2. The van der Waals surface area contributed by atoms with E-state index in [0.29, 0.717) is 12.8 Å². The Hall–Kier alpha value is -1.32. The van der Waals surface area contributed by atoms with E-state index in [1.165, 1.54) is 11.8 Å². The van der Waals surface area contributed by atoms with Gasteiger partial charge in [0.25, 0.3) is 0 Å². The highest BCUT2D eigenvalue weighted by Crippen LogP contribution is 2.38. The van der Waals surface area contributed by atoms with Crippen LogP contribution in [0.1, 0.15) is 12.0 Å². The van der Waals surface area contributed by atoms with Crippen molar-refractivity contribution in [3.05, 3.63) is 29.8 Å². The van der Waals surface area contributed by atoms with Crippen LogP contribution in [0.25, 0.3) is 0 Å². The molecule has 1 aromatic carbocycles. The smallest absolute Gasteiger partial charge is 0.161 e. The molecule has 0 saturated carbocycles. The van der Waals surface area contributed by atoms with Crippen molar-refractivity contribution in [2.75, 3.05) is 21.2 Å². The Balaban J connectivity index is 1.60. The van der Waals surface area contributed by atoms with Crippen molar-refractivity contribution in [1.82, 2.24) is 4.90 Å². The van der Waals surface area contributed by atoms with E-state index in [1.54, 1.807) is 7.11 Å². The molecule has 26 heavy (non-hydrogen) atoms. The van der Waals surface area contributed by atoms with Crippen LogP contribution in [0.15, 0.2) is 29.3 Å². The van der Waals surface area contributed by atoms with Crippen LogP contribution in [0.3, 0.4) is 0 Å². The van der Waals surface area contributed by atoms with E-state index in [4.69, 9.17) is 9.47 Å². The second kappa shape index (κ2) is 8.14. The van der Waals surface area contributed by atoms with Crippen molar-refractivity contribution >= 4 is 16.9 Å². The van der Waals surface area contributed by atoms with Gasteiger partial charge in [-0.3, -0.25) is 4.99 Å². The number of rotatable bonds is 5. The molecule has 0 bridgehead atoms. The summed E-state index contributed by atoms with van der Waals surface area (Å²) in [5.74, 6) is 0.782. The maximum atomic E-state index is 10.5. The van der Waals surface area contributed by atoms with Gasteiger partial charge in [-0.25, -0.2) is 0 Å². The van der Waals surface area contributed by atoms with Crippen molar-refractivity contribution < 1.29 is 24.8 Å². The maximum Gasteiger partial charge on any atom is 0.161 e. The van der Waals surface area contributed by atoms with Crippen LogP contribution in [-0.4, -0.2) is 82.5 Å². The van der Waals surface area contributed by atoms with E-state index >= 15 is 0 Å². The summed E-state index contributed by atoms with van der Waals surface area (Å²) in [6, 6.07) is 7.11. The summed E-state index contributed by atoms with van der Waals surface area (Å²) >= 11 is 1.41. The fourth-order valence-corrected chi connectivity index (χ4v) is 4.33. The molecule has 2 aliphatic rings. The molecule has 144 valence electrons. The monoisotopic (exact) mass is 382 g/mol. The highest BCUT2D eigenvalue weighted by Gasteiger charge is 2.50. The molecule has 0 unspecified atom stereocenters. The molecule has 3 rings (SSSR count). The molecule has 0 amide bonds. The third-order valence-corrected chi connectivity index (χ3v) is 6.04. The lowest BCUT2D eigenvalue weighted by molar-refractivity contribution is -0.185. The van der Waals surface area contributed by atoms with E-state index in [1.807, 2.05) is 43.3 Å². The molecule has 7 nitrogen and oxygen atoms in total. The van der Waals surface area contributed by atoms with Crippen molar-refractivity contribution in [3.8, 4) is 5.75 Å². The number of thioether (sulfide) groups is 1. The van der Waals surface area contributed by atoms with E-state index in [0.717, 1.165) is 16.5 Å². The van der Waals surface area contributed by atoms with Gasteiger partial charge in [0.05, 0.1) is 13.2 Å². The van der Waals surface area contributed by atoms with Crippen molar-refractivity contribution in [1.29, 1.82) is 0 Å². The van der Waals surface area contributed by atoms with Crippen LogP contribution >= 0.6 is 11.8 Å². The molecule has 1 saturated heterocycles. The zero-order chi connectivity index (χ0) is 18.8. The van der Waals surface area contributed by atoms with Crippen LogP contribution in [0, 0.1) is 0 Å². The molecule has 0 aromatic heterocycles. The zero-order valence-electron chi connectivity index (χ0n) is 15.1. The van der Waals surface area contributed by atoms with Crippen LogP contribution in [0.5, 0.6) is 5.75 Å². The van der Waals surface area contributed by atoms with Gasteiger partial charge in [0, 0.05) is 14.1 Å². The van der Waals surface area contributed by atoms with Gasteiger partial charge in [0.2, 0.25) is 0 Å². The number of hydrogen-bond acceptors (Lipinski definition) is 8. The third-order valence-electron chi connectivity index (χ3n) is 4.74. The van der Waals surface area contributed by atoms with Crippen molar-refractivity contribution in [3.63, 3.8) is 0 Å². The minimum absolute atomic E-state index is 0.397. The first-order valence-electron chi connectivity index (χ1n) is 8.65. The fourth-order valence-electron chi connectivity index (χ4n) is 3.18. The highest BCUT2D eigenvalue weighted by atomic mass is 32.2. The SMILES string of the molecule is COc1ccc(CC[C@H](O)[C@H]2O[C@@H]3SC(N(C)C)=N[C@@H]3[C@@H](O)[C@@H]2O)cc1. The van der Waals surface area contributed by atoms with Gasteiger partial charge in [-0.15, -0.1) is 0 Å². The lowest BCUT2D eigenvalue weighted by Crippen LogP contribution is -2.58. The lowest BCUT2D eigenvalue weighted by Gasteiger charge is -2.40. The Morgan fingerprint density at radius 2 is 1.92 bits per heavy atom. The first-order chi connectivity index (χ1) is 12.4. The molecule has 0 spiro atoms. The third kappa shape index (κ3) is 3.99. The molecule has 2 heterocycles. The fraction of sp³-hybridized carbons (Fsp3) is 0.611. The minimum Gasteiger partial charge on any atom is -0.497 e. The minimum atomic E-state index is -1.17. The summed E-state index contributed by atoms with van der Waals surface area (Å²) in [6.45, 7) is 0. The Bertz CT molecular complexity index is 639. The normalized spacial score (nSPS) is 31.9. The van der Waals surface area contributed by atoms with Gasteiger partial charge in [0.15, 0.2) is 5.17 Å². The highest BCUT2D eigenvalue weighted by molar-refractivity contribution is 8.14. The van der Waals surface area contributed by atoms with Gasteiger partial charge in [0.1, 0.15) is 35.5 Å². The number of fused-ring (bicyclic) bond motifs is 1. The first kappa shape index (κ1) is 19.4. The van der Waals surface area contributed by atoms with E-state index in [-0.39, 0.29) is 0 Å². The van der Waals surface area contributed by atoms with E-state index in [2.05, 4.69) is 4.99 Å². The number of ether oxygens (including phenoxy) is 2. The molecule has 8 heteroatoms. The van der Waals surface area contributed by atoms with Crippen molar-refractivity contribution in [2.45, 2.75) is 48.7 Å². The molecule has 0 radical (unpaired) electrons. The first-order valence-corrected chi connectivity index (χ1v) is 9.53. The number of aliphatic hydroxyl groups excluding tert-OH is 3. The summed E-state index contributed by atoms with van der Waals surface area (Å²) in [4.78, 5) is 6.27. The quantitative estimate of drug-likeness (QED) is 0.681. The zero-order valence-corrected chi connectivity index (χ0v) is 16.0. The van der Waals surface area contributed by atoms with Crippen LogP contribution < -0.4 is 4.74 Å². The number of aliphatic hydroxyl groups is 3. The Kier molecular flexibility index (Phi) is 6.09. The van der Waals surface area contributed by atoms with Crippen LogP contribution in [0.4, 0.5) is 0 Å². The van der Waals surface area contributed by atoms with Crippen LogP contribution in [-0.2, 0) is 11.2 Å². The van der Waals surface area contributed by atoms with Crippen molar-refractivity contribution in [2.24, 2.45) is 4.99 Å². The van der Waals surface area contributed by atoms with Gasteiger partial charge in [-0.05, 0) is 30.5 Å². The Morgan fingerprint density at radius 1 is 1.23 bits per heavy atom. The molecule has 0 aliphatic carbocycles. The average molecular weight is 382 g/mol. The number of aliphatic imine (C=N–C) groups is 1. The van der Waals surface area contributed by atoms with E-state index in [9.17, 15) is 15.3 Å². The number of methoxy groups -OCH3 is 1. The molecular weight excluding hydrogens is 356 g/mol. The molecule has 6 atom stereocenters. The van der Waals surface area contributed by atoms with E-state index < -0.39 is 35.9 Å². The number of amidine groups is 1. The standard InChI is InChI=1S/C18H26N2O5S/c1-20(2)18-19-13-14(22)15(23)16(25-17(13)26-18)12(21)9-6-10-4-7-11(24-3)8-5-10/h4-5,7-8,12-17,21-23H,6,9H2,1-3H3/t12-,13+,14+,15-,16+,17+/m0/s1. The summed E-state index contributed by atoms with van der Waals surface area (Å²) < 4.78 is 11.0. The molecule has 3 N–H and O–H groups in total. The van der Waals surface area contributed by atoms with Gasteiger partial charge in [-0.2, -0.15) is 0 Å². The predicted octanol–water partition coefficient (Wildman–Crippen LogP) is 0.468. The number of benzene rings is 1. The largest absolute Gasteiger partial charge is 0.497 e. The molecule has 1 fully saturated rings. The number of hydrogen-bond donors (Lipinski definition) is 3. The summed E-state index contributed by atoms with van der Waals surface area (Å²) in [5, 5.41) is 32.1. The number of aryl methyl sites for hydroxylation is 1. The predicted molar refractivity (Wildman–Crippen MR) is 100 cm³/mol. The Labute approximate surface area is 157 Å². The molecular formula is C18H26N2O5S. The topological polar surface area (TPSA) is 94.8 Å². The summed E-state index contributed by atoms with van der Waals surface area (Å²) in [7, 11) is 5.35. The summed E-state index contributed by atoms with van der Waals surface area (Å²) in [5.41, 5.74) is 0.661. The lowest BCUT2D eigenvalue weighted by atomic mass is 9.92. The summed E-state index contributed by atoms with van der Waals surface area (Å²) in [6.07, 6.45) is -2.90. The second-order valence-corrected chi connectivity index (χ2v) is 7.88. The van der Waals surface area contributed by atoms with Gasteiger partial charge >= 0.3 is 0 Å². The maximum absolute atomic E-state index is 10.5. The second-order valence-electron chi connectivity index (χ2n) is 6.82.